The Morgan fingerprint density at radius 3 is 2.59 bits per heavy atom. The zero-order chi connectivity index (χ0) is 13.1. The number of nitrogens with zero attached hydrogens (tertiary/aromatic N) is 1. The molecule has 0 spiro atoms. The summed E-state index contributed by atoms with van der Waals surface area (Å²) in [6, 6.07) is 9.07. The zero-order valence-corrected chi connectivity index (χ0v) is 10.9. The molecule has 1 rings (SSSR count). The summed E-state index contributed by atoms with van der Waals surface area (Å²) in [6.07, 6.45) is 0. The van der Waals surface area contributed by atoms with Crippen LogP contribution in [0.25, 0.3) is 0 Å². The zero-order valence-electron chi connectivity index (χ0n) is 10.1. The summed E-state index contributed by atoms with van der Waals surface area (Å²) in [5.41, 5.74) is -0.188. The Labute approximate surface area is 106 Å². The van der Waals surface area contributed by atoms with Crippen molar-refractivity contribution in [3.8, 4) is 6.07 Å². The summed E-state index contributed by atoms with van der Waals surface area (Å²) in [6.45, 7) is 5.01. The van der Waals surface area contributed by atoms with E-state index in [-0.39, 0.29) is 11.9 Å². The van der Waals surface area contributed by atoms with Gasteiger partial charge < -0.3 is 5.32 Å². The van der Waals surface area contributed by atoms with Crippen molar-refractivity contribution < 1.29 is 4.79 Å². The predicted molar refractivity (Wildman–Crippen MR) is 67.4 cm³/mol. The van der Waals surface area contributed by atoms with E-state index < -0.39 is 5.41 Å². The largest absolute Gasteiger partial charge is 0.348 e. The highest BCUT2D eigenvalue weighted by Gasteiger charge is 2.28. The van der Waals surface area contributed by atoms with Crippen LogP contribution in [-0.4, -0.2) is 5.91 Å². The van der Waals surface area contributed by atoms with Crippen molar-refractivity contribution in [2.75, 3.05) is 0 Å². The fraction of sp³-hybridized carbons (Fsp3) is 0.385. The number of nitrogens with one attached hydrogen (secondary N) is 1. The second-order valence-corrected chi connectivity index (χ2v) is 4.86. The average Bonchev–Trinajstić information content (AvgIpc) is 2.29. The molecule has 0 aromatic heterocycles. The topological polar surface area (TPSA) is 52.9 Å². The minimum absolute atomic E-state index is 0.219. The summed E-state index contributed by atoms with van der Waals surface area (Å²) in [7, 11) is 0. The molecule has 3 nitrogen and oxygen atoms in total. The minimum Gasteiger partial charge on any atom is -0.348 e. The number of carbonyl (C=O) groups is 1. The summed E-state index contributed by atoms with van der Waals surface area (Å²) >= 11 is 6.03. The van der Waals surface area contributed by atoms with Gasteiger partial charge in [-0.05, 0) is 32.4 Å². The van der Waals surface area contributed by atoms with Gasteiger partial charge in [0.1, 0.15) is 5.41 Å². The van der Waals surface area contributed by atoms with Crippen molar-refractivity contribution in [1.82, 2.24) is 5.32 Å². The highest BCUT2D eigenvalue weighted by Crippen LogP contribution is 2.23. The minimum atomic E-state index is -1.03. The number of rotatable bonds is 3. The number of benzene rings is 1. The standard InChI is InChI=1S/C13H15ClN2O/c1-9(10-6-4-5-7-11(10)14)16-12(17)13(2,3)8-15/h4-7,9H,1-3H3,(H,16,17). The van der Waals surface area contributed by atoms with Gasteiger partial charge in [-0.15, -0.1) is 0 Å². The summed E-state index contributed by atoms with van der Waals surface area (Å²) in [4.78, 5) is 11.8. The van der Waals surface area contributed by atoms with E-state index in [0.29, 0.717) is 5.02 Å². The van der Waals surface area contributed by atoms with Crippen molar-refractivity contribution in [3.63, 3.8) is 0 Å². The third-order valence-corrected chi connectivity index (χ3v) is 2.91. The summed E-state index contributed by atoms with van der Waals surface area (Å²) < 4.78 is 0. The van der Waals surface area contributed by atoms with Crippen molar-refractivity contribution in [3.05, 3.63) is 34.9 Å². The molecule has 1 amide bonds. The Kier molecular flexibility index (Phi) is 4.14. The van der Waals surface area contributed by atoms with E-state index in [1.165, 1.54) is 0 Å². The first-order valence-electron chi connectivity index (χ1n) is 5.35. The van der Waals surface area contributed by atoms with Gasteiger partial charge in [0.25, 0.3) is 0 Å². The quantitative estimate of drug-likeness (QED) is 0.896. The molecular weight excluding hydrogens is 236 g/mol. The number of nitriles is 1. The lowest BCUT2D eigenvalue weighted by molar-refractivity contribution is -0.127. The lowest BCUT2D eigenvalue weighted by atomic mass is 9.94. The molecule has 0 saturated heterocycles. The van der Waals surface area contributed by atoms with Crippen molar-refractivity contribution in [1.29, 1.82) is 5.26 Å². The number of carbonyl (C=O) groups excluding carboxylic acids is 1. The molecule has 0 radical (unpaired) electrons. The third kappa shape index (κ3) is 3.21. The van der Waals surface area contributed by atoms with Gasteiger partial charge in [-0.25, -0.2) is 0 Å². The van der Waals surface area contributed by atoms with E-state index in [0.717, 1.165) is 5.56 Å². The van der Waals surface area contributed by atoms with Crippen molar-refractivity contribution >= 4 is 17.5 Å². The highest BCUT2D eigenvalue weighted by molar-refractivity contribution is 6.31. The van der Waals surface area contributed by atoms with Crippen molar-refractivity contribution in [2.45, 2.75) is 26.8 Å². The Hall–Kier alpha value is -1.53. The van der Waals surface area contributed by atoms with Crippen LogP contribution in [-0.2, 0) is 4.79 Å². The molecule has 4 heteroatoms. The summed E-state index contributed by atoms with van der Waals surface area (Å²) in [5, 5.41) is 12.3. The highest BCUT2D eigenvalue weighted by atomic mass is 35.5. The Morgan fingerprint density at radius 1 is 1.47 bits per heavy atom. The number of hydrogen-bond donors (Lipinski definition) is 1. The maximum absolute atomic E-state index is 11.8. The van der Waals surface area contributed by atoms with Crippen LogP contribution in [0.5, 0.6) is 0 Å². The monoisotopic (exact) mass is 250 g/mol. The molecule has 0 aliphatic rings. The molecule has 1 aromatic carbocycles. The van der Waals surface area contributed by atoms with E-state index in [1.54, 1.807) is 19.9 Å². The molecule has 1 aromatic rings. The molecule has 0 aliphatic heterocycles. The second kappa shape index (κ2) is 5.20. The molecule has 0 aliphatic carbocycles. The maximum Gasteiger partial charge on any atom is 0.240 e. The van der Waals surface area contributed by atoms with Crippen LogP contribution in [0.4, 0.5) is 0 Å². The van der Waals surface area contributed by atoms with Crippen LogP contribution in [0.1, 0.15) is 32.4 Å². The van der Waals surface area contributed by atoms with Crippen LogP contribution < -0.4 is 5.32 Å². The SMILES string of the molecule is CC(NC(=O)C(C)(C)C#N)c1ccccc1Cl. The fourth-order valence-electron chi connectivity index (χ4n) is 1.33. The van der Waals surface area contributed by atoms with Crippen LogP contribution in [0.2, 0.25) is 5.02 Å². The maximum atomic E-state index is 11.8. The Balaban J connectivity index is 2.82. The van der Waals surface area contributed by atoms with Gasteiger partial charge >= 0.3 is 0 Å². The van der Waals surface area contributed by atoms with Crippen LogP contribution in [0.15, 0.2) is 24.3 Å². The first-order valence-corrected chi connectivity index (χ1v) is 5.73. The van der Waals surface area contributed by atoms with Gasteiger partial charge in [-0.2, -0.15) is 5.26 Å². The van der Waals surface area contributed by atoms with Crippen LogP contribution in [0.3, 0.4) is 0 Å². The lowest BCUT2D eigenvalue weighted by Gasteiger charge is -2.20. The molecule has 0 bridgehead atoms. The van der Waals surface area contributed by atoms with Gasteiger partial charge in [-0.1, -0.05) is 29.8 Å². The summed E-state index contributed by atoms with van der Waals surface area (Å²) in [5.74, 6) is -0.299. The Bertz CT molecular complexity index is 463. The van der Waals surface area contributed by atoms with E-state index in [4.69, 9.17) is 16.9 Å². The first-order chi connectivity index (χ1) is 7.88. The number of halogens is 1. The predicted octanol–water partition coefficient (Wildman–Crippen LogP) is 3.07. The molecular formula is C13H15ClN2O. The molecule has 0 heterocycles. The van der Waals surface area contributed by atoms with Gasteiger partial charge in [0.15, 0.2) is 0 Å². The van der Waals surface area contributed by atoms with E-state index in [1.807, 2.05) is 31.2 Å². The van der Waals surface area contributed by atoms with E-state index in [9.17, 15) is 4.79 Å². The molecule has 0 fully saturated rings. The normalized spacial score (nSPS) is 12.6. The van der Waals surface area contributed by atoms with Crippen molar-refractivity contribution in [2.24, 2.45) is 5.41 Å². The van der Waals surface area contributed by atoms with Gasteiger partial charge in [0.05, 0.1) is 12.1 Å². The molecule has 90 valence electrons. The van der Waals surface area contributed by atoms with Gasteiger partial charge in [0.2, 0.25) is 5.91 Å². The first kappa shape index (κ1) is 13.5. The second-order valence-electron chi connectivity index (χ2n) is 4.45. The smallest absolute Gasteiger partial charge is 0.240 e. The lowest BCUT2D eigenvalue weighted by Crippen LogP contribution is -2.37. The molecule has 1 atom stereocenters. The van der Waals surface area contributed by atoms with Crippen LogP contribution >= 0.6 is 11.6 Å². The van der Waals surface area contributed by atoms with E-state index in [2.05, 4.69) is 5.32 Å². The molecule has 1 unspecified atom stereocenters. The molecule has 0 saturated carbocycles. The third-order valence-electron chi connectivity index (χ3n) is 2.57. The molecule has 17 heavy (non-hydrogen) atoms. The van der Waals surface area contributed by atoms with Gasteiger partial charge in [-0.3, -0.25) is 4.79 Å². The average molecular weight is 251 g/mol. The number of amides is 1. The van der Waals surface area contributed by atoms with E-state index >= 15 is 0 Å². The van der Waals surface area contributed by atoms with Crippen LogP contribution in [0, 0.1) is 16.7 Å². The fourth-order valence-corrected chi connectivity index (χ4v) is 1.63. The number of hydrogen-bond acceptors (Lipinski definition) is 2. The molecule has 1 N–H and O–H groups in total. The van der Waals surface area contributed by atoms with Gasteiger partial charge in [0, 0.05) is 5.02 Å². The Morgan fingerprint density at radius 2 is 2.06 bits per heavy atom.